The van der Waals surface area contributed by atoms with E-state index in [2.05, 4.69) is 20.9 Å². The summed E-state index contributed by atoms with van der Waals surface area (Å²) in [5.41, 5.74) is 2.08. The Labute approximate surface area is 168 Å². The molecule has 1 aliphatic rings. The van der Waals surface area contributed by atoms with E-state index in [0.717, 1.165) is 35.2 Å². The van der Waals surface area contributed by atoms with Crippen molar-refractivity contribution >= 4 is 17.6 Å². The fourth-order valence-electron chi connectivity index (χ4n) is 2.96. The van der Waals surface area contributed by atoms with E-state index >= 15 is 0 Å². The maximum Gasteiger partial charge on any atom is 0.224 e. The minimum atomic E-state index is -0.493. The number of nitrogens with zero attached hydrogens (tertiary/aromatic N) is 1. The molecule has 0 unspecified atom stereocenters. The minimum Gasteiger partial charge on any atom is -0.492 e. The van der Waals surface area contributed by atoms with E-state index in [1.54, 1.807) is 0 Å². The van der Waals surface area contributed by atoms with Gasteiger partial charge in [-0.2, -0.15) is 0 Å². The van der Waals surface area contributed by atoms with Gasteiger partial charge in [0, 0.05) is 24.2 Å². The highest BCUT2D eigenvalue weighted by Gasteiger charge is 2.15. The van der Waals surface area contributed by atoms with E-state index in [-0.39, 0.29) is 18.0 Å². The lowest BCUT2D eigenvalue weighted by Crippen LogP contribution is -2.39. The lowest BCUT2D eigenvalue weighted by atomic mass is 10.0. The van der Waals surface area contributed by atoms with Crippen LogP contribution in [0.15, 0.2) is 41.4 Å². The number of nitrogens with one attached hydrogen (secondary N) is 3. The Kier molecular flexibility index (Phi) is 6.99. The van der Waals surface area contributed by atoms with Crippen molar-refractivity contribution in [1.82, 2.24) is 10.6 Å². The van der Waals surface area contributed by atoms with E-state index in [9.17, 15) is 13.6 Å². The molecule has 0 aromatic heterocycles. The largest absolute Gasteiger partial charge is 0.492 e. The minimum absolute atomic E-state index is 0.0241. The van der Waals surface area contributed by atoms with Crippen LogP contribution in [0.4, 0.5) is 14.5 Å². The molecule has 6 nitrogen and oxygen atoms in total. The van der Waals surface area contributed by atoms with Crippen molar-refractivity contribution in [2.75, 3.05) is 25.0 Å². The maximum atomic E-state index is 13.7. The number of aliphatic imine (C=N–C) groups is 1. The normalized spacial score (nSPS) is 13.5. The standard InChI is InChI=1S/C21H24F2N4O2/c1-2-24-21(26-13-15-11-16(22)4-6-18(15)23)25-9-10-29-17-5-7-19-14(12-17)3-8-20(28)27-19/h4-7,11-12H,2-3,8-10,13H2,1H3,(H,27,28)(H2,24,25,26). The molecular formula is C21H24F2N4O2. The third kappa shape index (κ3) is 5.91. The van der Waals surface area contributed by atoms with Crippen molar-refractivity contribution in [3.63, 3.8) is 0 Å². The molecule has 8 heteroatoms. The van der Waals surface area contributed by atoms with Crippen LogP contribution in [-0.4, -0.2) is 31.6 Å². The van der Waals surface area contributed by atoms with Crippen LogP contribution in [0.2, 0.25) is 0 Å². The molecule has 0 atom stereocenters. The van der Waals surface area contributed by atoms with Crippen LogP contribution in [0.3, 0.4) is 0 Å². The van der Waals surface area contributed by atoms with E-state index < -0.39 is 11.6 Å². The van der Waals surface area contributed by atoms with E-state index in [4.69, 9.17) is 4.74 Å². The zero-order valence-electron chi connectivity index (χ0n) is 16.2. The first-order chi connectivity index (χ1) is 14.0. The van der Waals surface area contributed by atoms with E-state index in [0.29, 0.717) is 38.5 Å². The summed E-state index contributed by atoms with van der Waals surface area (Å²) >= 11 is 0. The monoisotopic (exact) mass is 402 g/mol. The molecule has 3 rings (SSSR count). The first-order valence-corrected chi connectivity index (χ1v) is 9.57. The average Bonchev–Trinajstić information content (AvgIpc) is 2.71. The molecule has 0 saturated heterocycles. The molecule has 2 aromatic carbocycles. The van der Waals surface area contributed by atoms with Gasteiger partial charge in [-0.25, -0.2) is 13.8 Å². The van der Waals surface area contributed by atoms with Gasteiger partial charge in [0.25, 0.3) is 0 Å². The number of carbonyl (C=O) groups excluding carboxylic acids is 1. The number of carbonyl (C=O) groups is 1. The van der Waals surface area contributed by atoms with Gasteiger partial charge in [0.2, 0.25) is 5.91 Å². The Bertz CT molecular complexity index is 902. The number of hydrogen-bond donors (Lipinski definition) is 3. The van der Waals surface area contributed by atoms with Gasteiger partial charge in [-0.05, 0) is 55.3 Å². The lowest BCUT2D eigenvalue weighted by Gasteiger charge is -2.18. The third-order valence-electron chi connectivity index (χ3n) is 4.39. The molecule has 29 heavy (non-hydrogen) atoms. The second-order valence-corrected chi connectivity index (χ2v) is 6.57. The number of anilines is 1. The number of amides is 1. The zero-order valence-corrected chi connectivity index (χ0v) is 16.2. The summed E-state index contributed by atoms with van der Waals surface area (Å²) in [5.74, 6) is 0.271. The Balaban J connectivity index is 1.50. The highest BCUT2D eigenvalue weighted by Crippen LogP contribution is 2.26. The summed E-state index contributed by atoms with van der Waals surface area (Å²) in [6.07, 6.45) is 1.18. The van der Waals surface area contributed by atoms with Crippen LogP contribution >= 0.6 is 0 Å². The van der Waals surface area contributed by atoms with Crippen LogP contribution in [0.5, 0.6) is 5.75 Å². The van der Waals surface area contributed by atoms with Crippen molar-refractivity contribution in [2.24, 2.45) is 4.99 Å². The van der Waals surface area contributed by atoms with E-state index in [1.807, 2.05) is 25.1 Å². The molecule has 0 aliphatic carbocycles. The number of guanidine groups is 1. The van der Waals surface area contributed by atoms with Crippen molar-refractivity contribution in [1.29, 1.82) is 0 Å². The molecule has 154 valence electrons. The molecule has 1 amide bonds. The molecule has 3 N–H and O–H groups in total. The molecule has 0 fully saturated rings. The second kappa shape index (κ2) is 9.86. The molecule has 0 saturated carbocycles. The van der Waals surface area contributed by atoms with Gasteiger partial charge >= 0.3 is 0 Å². The summed E-state index contributed by atoms with van der Waals surface area (Å²) in [5, 5.41) is 9.00. The first kappa shape index (κ1) is 20.6. The summed E-state index contributed by atoms with van der Waals surface area (Å²) in [6, 6.07) is 8.91. The topological polar surface area (TPSA) is 74.8 Å². The highest BCUT2D eigenvalue weighted by atomic mass is 19.1. The molecule has 0 radical (unpaired) electrons. The zero-order chi connectivity index (χ0) is 20.6. The van der Waals surface area contributed by atoms with Gasteiger partial charge in [0.05, 0.1) is 13.1 Å². The van der Waals surface area contributed by atoms with Crippen LogP contribution in [-0.2, 0) is 17.8 Å². The Morgan fingerprint density at radius 1 is 1.17 bits per heavy atom. The average molecular weight is 402 g/mol. The molecule has 0 spiro atoms. The number of halogens is 2. The summed E-state index contributed by atoms with van der Waals surface area (Å²) in [4.78, 5) is 15.7. The van der Waals surface area contributed by atoms with Crippen molar-refractivity contribution in [3.05, 3.63) is 59.2 Å². The van der Waals surface area contributed by atoms with Gasteiger partial charge < -0.3 is 20.7 Å². The SMILES string of the molecule is CCNC(=NCc1cc(F)ccc1F)NCCOc1ccc2c(c1)CCC(=O)N2. The fraction of sp³-hybridized carbons (Fsp3) is 0.333. The van der Waals surface area contributed by atoms with Crippen LogP contribution < -0.4 is 20.7 Å². The van der Waals surface area contributed by atoms with Crippen LogP contribution in [0, 0.1) is 11.6 Å². The van der Waals surface area contributed by atoms with Gasteiger partial charge in [-0.15, -0.1) is 0 Å². The molecule has 2 aromatic rings. The van der Waals surface area contributed by atoms with Crippen molar-refractivity contribution in [3.8, 4) is 5.75 Å². The Morgan fingerprint density at radius 2 is 2.03 bits per heavy atom. The lowest BCUT2D eigenvalue weighted by molar-refractivity contribution is -0.116. The first-order valence-electron chi connectivity index (χ1n) is 9.57. The smallest absolute Gasteiger partial charge is 0.224 e. The van der Waals surface area contributed by atoms with Gasteiger partial charge in [0.1, 0.15) is 24.0 Å². The van der Waals surface area contributed by atoms with Crippen molar-refractivity contribution < 1.29 is 18.3 Å². The Morgan fingerprint density at radius 3 is 2.86 bits per heavy atom. The molecule has 1 aliphatic heterocycles. The second-order valence-electron chi connectivity index (χ2n) is 6.57. The molecular weight excluding hydrogens is 378 g/mol. The summed E-state index contributed by atoms with van der Waals surface area (Å²) in [7, 11) is 0. The number of benzene rings is 2. The molecule has 0 bridgehead atoms. The van der Waals surface area contributed by atoms with Gasteiger partial charge in [-0.3, -0.25) is 4.79 Å². The van der Waals surface area contributed by atoms with E-state index in [1.165, 1.54) is 0 Å². The predicted octanol–water partition coefficient (Wildman–Crippen LogP) is 2.98. The fourth-order valence-corrected chi connectivity index (χ4v) is 2.96. The Hall–Kier alpha value is -3.16. The third-order valence-corrected chi connectivity index (χ3v) is 4.39. The predicted molar refractivity (Wildman–Crippen MR) is 108 cm³/mol. The summed E-state index contributed by atoms with van der Waals surface area (Å²) in [6.45, 7) is 3.45. The van der Waals surface area contributed by atoms with Gasteiger partial charge in [-0.1, -0.05) is 0 Å². The molecule has 1 heterocycles. The quantitative estimate of drug-likeness (QED) is 0.378. The number of rotatable bonds is 7. The number of fused-ring (bicyclic) bond motifs is 1. The van der Waals surface area contributed by atoms with Crippen molar-refractivity contribution in [2.45, 2.75) is 26.3 Å². The highest BCUT2D eigenvalue weighted by molar-refractivity contribution is 5.94. The van der Waals surface area contributed by atoms with Crippen LogP contribution in [0.1, 0.15) is 24.5 Å². The number of aryl methyl sites for hydroxylation is 1. The summed E-state index contributed by atoms with van der Waals surface area (Å²) < 4.78 is 32.7. The maximum absolute atomic E-state index is 13.7. The number of hydrogen-bond acceptors (Lipinski definition) is 3. The number of ether oxygens (including phenoxy) is 1. The van der Waals surface area contributed by atoms with Crippen LogP contribution in [0.25, 0.3) is 0 Å². The van der Waals surface area contributed by atoms with Gasteiger partial charge in [0.15, 0.2) is 5.96 Å².